The van der Waals surface area contributed by atoms with Crippen molar-refractivity contribution in [3.63, 3.8) is 0 Å². The fourth-order valence-corrected chi connectivity index (χ4v) is 16.2. The summed E-state index contributed by atoms with van der Waals surface area (Å²) >= 11 is 0. The first kappa shape index (κ1) is 115. The number of hydrogen-bond acceptors (Lipinski definition) is 37. The maximum absolute atomic E-state index is 12.0. The van der Waals surface area contributed by atoms with Gasteiger partial charge in [-0.3, -0.25) is 14.4 Å². The fourth-order valence-electron chi connectivity index (χ4n) is 16.2. The molecule has 37 nitrogen and oxygen atoms in total. The zero-order valence-electron chi connectivity index (χ0n) is 80.3. The lowest BCUT2D eigenvalue weighted by atomic mass is 9.83. The van der Waals surface area contributed by atoms with E-state index < -0.39 is 144 Å². The second-order valence-electron chi connectivity index (χ2n) is 35.8. The molecule has 0 amide bonds. The second kappa shape index (κ2) is 51.1. The van der Waals surface area contributed by atoms with E-state index in [9.17, 15) is 85.6 Å². The zero-order valence-corrected chi connectivity index (χ0v) is 80.3. The SMILES string of the molecule is CCCOC(=O)c1cc(O)c(O)c(O)c1.COc1ccc(O)cc1O.Cc1c(C)c2c(c(C)c1O)CCC(C)(CCCC(C)CCCC(C)C)O2.Cc1cc2c(C(C)C)c(O)c(O)c(C=O)c2c(O)c1-c1c(C)cc2c(C(C)C)c(O)c(O)c(C=O)c2c1O.O=C1CCC(O)=C1O.OCC1OC(COCC2(CO)OC(CO)C(O)C2O)C(O)C(O)C1O.Oc1ccc(O)c(O)c1.Oc1ccc(O)cc1. The van der Waals surface area contributed by atoms with Gasteiger partial charge in [-0.2, -0.15) is 0 Å². The van der Waals surface area contributed by atoms with Crippen molar-refractivity contribution in [3.05, 3.63) is 158 Å². The number of allylic oxidation sites excluding steroid dienone is 2. The highest BCUT2D eigenvalue weighted by Gasteiger charge is 2.54. The standard InChI is InChI=1S/C30H30O8.C24H40O2.C14H26O11.C10H12O5.C7H8O3.C6H6O3.C6H6O2.C5H6O3/c1-11(2)19-15-7-13(5)21(27(35)23(15)17(9-31)25(33)29(19)37)22-14(6)8-16-20(12(3)4)30(38)26(34)18(10-32)24(16)28(22)36;1-16(2)10-8-11-17(3)12-9-14-24(7)15-13-21-20(6)22(25)18(4)19(5)23(21)26-24;15-1-6-9(18)12(21)10(19)8(24-6)3-23-5-14(4-17)13(22)11(20)7(2-16)25-14;1-2-3-15-10(14)6-4-7(11)9(13)8(12)5-6;1-10-7-3-2-5(8)4-6(7)9;7-4-1-2-5(8)6(9)3-4;7-5-1-2-6(8)4-3-5;6-3-1-2-4(7)5(3)8/h7-12,33-38H,1-6H3;16-17,25H,8-15H2,1-7H3;6-13,15-22H,1-5H2;4-5,11-13H,2-3H2,1H3;2-4,8-9H,1H3;1-3,7-9H;1-4,7-8H;6,8H,1-2H2. The molecule has 3 aliphatic heterocycles. The van der Waals surface area contributed by atoms with E-state index in [-0.39, 0.29) is 127 Å². The highest BCUT2D eigenvalue weighted by molar-refractivity contribution is 6.14. The van der Waals surface area contributed by atoms with E-state index in [1.165, 1.54) is 99.4 Å². The van der Waals surface area contributed by atoms with E-state index in [2.05, 4.69) is 34.6 Å². The van der Waals surface area contributed by atoms with Crippen molar-refractivity contribution in [1.82, 2.24) is 0 Å². The maximum atomic E-state index is 12.0. The minimum atomic E-state index is -1.67. The predicted octanol–water partition coefficient (Wildman–Crippen LogP) is 13.2. The van der Waals surface area contributed by atoms with Gasteiger partial charge in [0.05, 0.1) is 63.4 Å². The van der Waals surface area contributed by atoms with Gasteiger partial charge >= 0.3 is 5.97 Å². The molecule has 139 heavy (non-hydrogen) atoms. The van der Waals surface area contributed by atoms with E-state index in [0.717, 1.165) is 71.7 Å². The van der Waals surface area contributed by atoms with Crippen molar-refractivity contribution in [2.75, 3.05) is 46.8 Å². The average molecular weight is 1950 g/mol. The number of rotatable bonds is 24. The van der Waals surface area contributed by atoms with Crippen molar-refractivity contribution in [1.29, 1.82) is 0 Å². The van der Waals surface area contributed by atoms with Gasteiger partial charge in [0, 0.05) is 63.6 Å². The Hall–Kier alpha value is -12.9. The number of aliphatic hydroxyl groups is 10. The van der Waals surface area contributed by atoms with E-state index in [4.69, 9.17) is 99.9 Å². The van der Waals surface area contributed by atoms with Gasteiger partial charge in [-0.05, 0) is 197 Å². The minimum Gasteiger partial charge on any atom is -0.508 e. The van der Waals surface area contributed by atoms with Crippen LogP contribution in [0.5, 0.6) is 109 Å². The largest absolute Gasteiger partial charge is 0.508 e. The van der Waals surface area contributed by atoms with Crippen molar-refractivity contribution in [3.8, 4) is 120 Å². The minimum absolute atomic E-state index is 0.00347. The zero-order chi connectivity index (χ0) is 105. The summed E-state index contributed by atoms with van der Waals surface area (Å²) in [5.74, 6) is -3.78. The van der Waals surface area contributed by atoms with Gasteiger partial charge in [0.2, 0.25) is 5.78 Å². The van der Waals surface area contributed by atoms with Crippen molar-refractivity contribution in [2.45, 2.75) is 239 Å². The molecule has 0 aromatic heterocycles. The molecule has 11 atom stereocenters. The topological polar surface area (TPSA) is 670 Å². The summed E-state index contributed by atoms with van der Waals surface area (Å²) in [5, 5.41) is 259. The van der Waals surface area contributed by atoms with Crippen LogP contribution in [-0.4, -0.2) is 269 Å². The molecule has 764 valence electrons. The van der Waals surface area contributed by atoms with Crippen LogP contribution in [0, 0.1) is 46.5 Å². The highest BCUT2D eigenvalue weighted by atomic mass is 16.6. The van der Waals surface area contributed by atoms with Crippen LogP contribution in [0.3, 0.4) is 0 Å². The van der Waals surface area contributed by atoms with Crippen LogP contribution < -0.4 is 9.47 Å². The summed E-state index contributed by atoms with van der Waals surface area (Å²) in [6.07, 6.45) is 1.04. The Balaban J connectivity index is 0.000000260. The Morgan fingerprint density at radius 3 is 1.42 bits per heavy atom. The number of ether oxygens (including phenoxy) is 6. The van der Waals surface area contributed by atoms with Gasteiger partial charge in [-0.15, -0.1) is 0 Å². The summed E-state index contributed by atoms with van der Waals surface area (Å²) in [6.45, 7) is 25.5. The molecule has 27 N–H and O–H groups in total. The fraction of sp³-hybridized carbons (Fsp3) is 0.451. The molecule has 11 unspecified atom stereocenters. The van der Waals surface area contributed by atoms with Crippen LogP contribution in [-0.2, 0) is 30.2 Å². The van der Waals surface area contributed by atoms with E-state index in [1.807, 2.05) is 20.8 Å². The normalized spacial score (nSPS) is 19.7. The lowest BCUT2D eigenvalue weighted by Gasteiger charge is -2.40. The van der Waals surface area contributed by atoms with Crippen LogP contribution in [0.25, 0.3) is 32.7 Å². The lowest BCUT2D eigenvalue weighted by molar-refractivity contribution is -0.244. The number of aldehydes is 2. The maximum Gasteiger partial charge on any atom is 0.338 e. The molecular weight excluding hydrogens is 1820 g/mol. The average Bonchev–Trinajstić information content (AvgIpc) is 0.869. The molecule has 2 saturated heterocycles. The molecule has 0 bridgehead atoms. The third kappa shape index (κ3) is 28.2. The first-order valence-electron chi connectivity index (χ1n) is 45.1. The number of phenolic OH excluding ortho intramolecular Hbond substituents is 17. The number of ketones is 1. The summed E-state index contributed by atoms with van der Waals surface area (Å²) in [5.41, 5.74) is 3.88. The van der Waals surface area contributed by atoms with Gasteiger partial charge in [0.1, 0.15) is 112 Å². The second-order valence-corrected chi connectivity index (χ2v) is 35.8. The van der Waals surface area contributed by atoms with Crippen LogP contribution in [0.4, 0.5) is 0 Å². The number of carbonyl (C=O) groups excluding carboxylic acids is 4. The van der Waals surface area contributed by atoms with Gasteiger partial charge in [0.25, 0.3) is 0 Å². The number of carbonyl (C=O) groups is 4. The molecule has 0 radical (unpaired) electrons. The number of methoxy groups -OCH3 is 1. The first-order valence-corrected chi connectivity index (χ1v) is 45.1. The Kier molecular flexibility index (Phi) is 42.2. The Bertz CT molecular complexity index is 5560. The van der Waals surface area contributed by atoms with Crippen molar-refractivity contribution >= 4 is 45.9 Å². The third-order valence-corrected chi connectivity index (χ3v) is 24.2. The Morgan fingerprint density at radius 2 is 1.00 bits per heavy atom. The van der Waals surface area contributed by atoms with Gasteiger partial charge in [-0.1, -0.05) is 93.2 Å². The molecule has 4 aliphatic rings. The van der Waals surface area contributed by atoms with Crippen LogP contribution in [0.15, 0.2) is 96.4 Å². The Morgan fingerprint density at radius 1 is 0.511 bits per heavy atom. The van der Waals surface area contributed by atoms with Gasteiger partial charge < -0.3 is 166 Å². The summed E-state index contributed by atoms with van der Waals surface area (Å²) in [7, 11) is 1.45. The number of esters is 1. The molecule has 37 heteroatoms. The number of Topliss-reactive ketones (excluding diaryl/α,β-unsaturated/α-hetero) is 1. The number of aliphatic hydroxyl groups excluding tert-OH is 10. The summed E-state index contributed by atoms with van der Waals surface area (Å²) < 4.78 is 32.0. The quantitative estimate of drug-likeness (QED) is 0.0116. The molecule has 0 spiro atoms. The summed E-state index contributed by atoms with van der Waals surface area (Å²) in [6, 6.07) is 18.8. The molecule has 0 saturated carbocycles. The molecule has 9 aromatic rings. The number of aromatic hydroxyl groups is 17. The van der Waals surface area contributed by atoms with Crippen LogP contribution in [0.2, 0.25) is 0 Å². The number of benzene rings is 9. The smallest absolute Gasteiger partial charge is 0.338 e. The molecule has 13 rings (SSSR count). The monoisotopic (exact) mass is 1950 g/mol. The van der Waals surface area contributed by atoms with Gasteiger partial charge in [-0.25, -0.2) is 4.79 Å². The van der Waals surface area contributed by atoms with Crippen LogP contribution in [0.1, 0.15) is 214 Å². The molecular formula is C102H134O37. The Labute approximate surface area is 803 Å². The molecule has 9 aromatic carbocycles. The van der Waals surface area contributed by atoms with Crippen molar-refractivity contribution in [2.24, 2.45) is 11.8 Å². The molecule has 1 aliphatic carbocycles. The lowest BCUT2D eigenvalue weighted by Crippen LogP contribution is -2.60. The number of fused-ring (bicyclic) bond motifs is 3. The first-order chi connectivity index (χ1) is 65.2. The third-order valence-electron chi connectivity index (χ3n) is 24.2. The van der Waals surface area contributed by atoms with E-state index in [1.54, 1.807) is 53.7 Å². The van der Waals surface area contributed by atoms with E-state index in [0.29, 0.717) is 69.9 Å². The van der Waals surface area contributed by atoms with Crippen molar-refractivity contribution < 1.29 is 185 Å². The van der Waals surface area contributed by atoms with E-state index >= 15 is 0 Å². The summed E-state index contributed by atoms with van der Waals surface area (Å²) in [4.78, 5) is 45.6. The molecule has 2 fully saturated rings. The predicted molar refractivity (Wildman–Crippen MR) is 511 cm³/mol. The number of hydrogen-bond donors (Lipinski definition) is 27. The highest BCUT2D eigenvalue weighted by Crippen LogP contribution is 2.55. The number of phenols is 17. The number of aryl methyl sites for hydroxylation is 2. The molecule has 3 heterocycles. The van der Waals surface area contributed by atoms with Crippen LogP contribution >= 0.6 is 0 Å². The van der Waals surface area contributed by atoms with Gasteiger partial charge in [0.15, 0.2) is 81.6 Å².